The first-order valence-corrected chi connectivity index (χ1v) is 6.09. The van der Waals surface area contributed by atoms with Gasteiger partial charge in [0.2, 0.25) is 0 Å². The van der Waals surface area contributed by atoms with E-state index in [0.717, 1.165) is 0 Å². The van der Waals surface area contributed by atoms with Crippen LogP contribution in [0, 0.1) is 5.92 Å². The van der Waals surface area contributed by atoms with Crippen molar-refractivity contribution in [1.29, 1.82) is 0 Å². The Morgan fingerprint density at radius 3 is 3.00 bits per heavy atom. The molecule has 1 atom stereocenters. The van der Waals surface area contributed by atoms with E-state index in [0.29, 0.717) is 43.4 Å². The number of ether oxygens (including phenoxy) is 2. The lowest BCUT2D eigenvalue weighted by Gasteiger charge is -2.20. The van der Waals surface area contributed by atoms with E-state index in [9.17, 15) is 4.79 Å². The first-order chi connectivity index (χ1) is 8.72. The molecule has 0 aliphatic carbocycles. The topological polar surface area (TPSA) is 73.6 Å². The molecule has 0 radical (unpaired) electrons. The van der Waals surface area contributed by atoms with Gasteiger partial charge in [-0.3, -0.25) is 4.79 Å². The molecule has 98 valence electrons. The Bertz CT molecular complexity index is 434. The van der Waals surface area contributed by atoms with E-state index in [1.807, 2.05) is 6.92 Å². The van der Waals surface area contributed by atoms with Crippen molar-refractivity contribution in [2.45, 2.75) is 6.92 Å². The van der Waals surface area contributed by atoms with Crippen LogP contribution in [0.2, 0.25) is 0 Å². The van der Waals surface area contributed by atoms with Gasteiger partial charge in [-0.05, 0) is 24.6 Å². The number of hydrogen-bond donors (Lipinski definition) is 2. The summed E-state index contributed by atoms with van der Waals surface area (Å²) >= 11 is 0. The number of carbonyl (C=O) groups is 1. The number of carbonyl (C=O) groups excluding carboxylic acids is 1. The molecule has 0 fully saturated rings. The van der Waals surface area contributed by atoms with E-state index in [2.05, 4.69) is 5.32 Å². The highest BCUT2D eigenvalue weighted by atomic mass is 16.6. The normalized spacial score (nSPS) is 15.0. The van der Waals surface area contributed by atoms with Crippen LogP contribution in [-0.2, 0) is 0 Å². The second-order valence-corrected chi connectivity index (χ2v) is 4.38. The van der Waals surface area contributed by atoms with Gasteiger partial charge >= 0.3 is 0 Å². The lowest BCUT2D eigenvalue weighted by molar-refractivity contribution is 0.0937. The summed E-state index contributed by atoms with van der Waals surface area (Å²) in [5.41, 5.74) is 6.02. The summed E-state index contributed by atoms with van der Waals surface area (Å²) in [5.74, 6) is 1.26. The molecule has 0 saturated carbocycles. The number of para-hydroxylation sites is 1. The van der Waals surface area contributed by atoms with Crippen molar-refractivity contribution in [3.63, 3.8) is 0 Å². The second-order valence-electron chi connectivity index (χ2n) is 4.38. The Kier molecular flexibility index (Phi) is 4.04. The summed E-state index contributed by atoms with van der Waals surface area (Å²) in [6, 6.07) is 5.32. The third-order valence-electron chi connectivity index (χ3n) is 2.82. The Morgan fingerprint density at radius 1 is 1.44 bits per heavy atom. The zero-order chi connectivity index (χ0) is 13.0. The molecule has 5 nitrogen and oxygen atoms in total. The zero-order valence-corrected chi connectivity index (χ0v) is 10.4. The van der Waals surface area contributed by atoms with Gasteiger partial charge < -0.3 is 20.5 Å². The van der Waals surface area contributed by atoms with E-state index in [-0.39, 0.29) is 11.8 Å². The monoisotopic (exact) mass is 250 g/mol. The number of rotatable bonds is 4. The standard InChI is InChI=1S/C13H18N2O3/c1-9(7-14)8-15-13(16)10-3-2-4-11-12(10)18-6-5-17-11/h2-4,9H,5-8,14H2,1H3,(H,15,16). The molecular weight excluding hydrogens is 232 g/mol. The lowest BCUT2D eigenvalue weighted by Crippen LogP contribution is -2.32. The average Bonchev–Trinajstić information content (AvgIpc) is 2.43. The number of hydrogen-bond acceptors (Lipinski definition) is 4. The largest absolute Gasteiger partial charge is 0.486 e. The predicted octanol–water partition coefficient (Wildman–Crippen LogP) is 0.782. The van der Waals surface area contributed by atoms with Crippen LogP contribution in [0.25, 0.3) is 0 Å². The minimum atomic E-state index is -0.155. The van der Waals surface area contributed by atoms with E-state index >= 15 is 0 Å². The maximum atomic E-state index is 12.0. The fraction of sp³-hybridized carbons (Fsp3) is 0.462. The first-order valence-electron chi connectivity index (χ1n) is 6.09. The Labute approximate surface area is 106 Å². The van der Waals surface area contributed by atoms with Crippen LogP contribution in [0.3, 0.4) is 0 Å². The van der Waals surface area contributed by atoms with Gasteiger partial charge in [0.15, 0.2) is 11.5 Å². The van der Waals surface area contributed by atoms with Gasteiger partial charge in [-0.2, -0.15) is 0 Å². The van der Waals surface area contributed by atoms with Gasteiger partial charge in [-0.15, -0.1) is 0 Å². The summed E-state index contributed by atoms with van der Waals surface area (Å²) in [6.45, 7) is 4.08. The number of amides is 1. The van der Waals surface area contributed by atoms with Gasteiger partial charge in [0.1, 0.15) is 13.2 Å². The number of benzene rings is 1. The Morgan fingerprint density at radius 2 is 2.22 bits per heavy atom. The highest BCUT2D eigenvalue weighted by Crippen LogP contribution is 2.33. The maximum Gasteiger partial charge on any atom is 0.255 e. The zero-order valence-electron chi connectivity index (χ0n) is 10.4. The predicted molar refractivity (Wildman–Crippen MR) is 68.0 cm³/mol. The van der Waals surface area contributed by atoms with E-state index in [1.54, 1.807) is 18.2 Å². The molecule has 1 aliphatic rings. The van der Waals surface area contributed by atoms with Crippen molar-refractivity contribution in [3.8, 4) is 11.5 Å². The highest BCUT2D eigenvalue weighted by Gasteiger charge is 2.20. The van der Waals surface area contributed by atoms with Crippen LogP contribution in [0.5, 0.6) is 11.5 Å². The summed E-state index contributed by atoms with van der Waals surface area (Å²) < 4.78 is 10.9. The third kappa shape index (κ3) is 2.73. The molecule has 5 heteroatoms. The quantitative estimate of drug-likeness (QED) is 0.828. The molecule has 1 unspecified atom stereocenters. The summed E-state index contributed by atoms with van der Waals surface area (Å²) in [6.07, 6.45) is 0. The van der Waals surface area contributed by atoms with Crippen molar-refractivity contribution in [2.75, 3.05) is 26.3 Å². The first kappa shape index (κ1) is 12.7. The minimum absolute atomic E-state index is 0.155. The third-order valence-corrected chi connectivity index (χ3v) is 2.82. The molecule has 1 aliphatic heterocycles. The van der Waals surface area contributed by atoms with Crippen LogP contribution in [0.1, 0.15) is 17.3 Å². The molecule has 0 aromatic heterocycles. The van der Waals surface area contributed by atoms with Gasteiger partial charge in [-0.1, -0.05) is 13.0 Å². The van der Waals surface area contributed by atoms with Crippen molar-refractivity contribution >= 4 is 5.91 Å². The molecular formula is C13H18N2O3. The molecule has 1 aromatic rings. The van der Waals surface area contributed by atoms with Crippen molar-refractivity contribution in [3.05, 3.63) is 23.8 Å². The average molecular weight is 250 g/mol. The molecule has 1 heterocycles. The van der Waals surface area contributed by atoms with E-state index in [1.165, 1.54) is 0 Å². The maximum absolute atomic E-state index is 12.0. The van der Waals surface area contributed by atoms with Crippen LogP contribution in [-0.4, -0.2) is 32.2 Å². The molecule has 1 aromatic carbocycles. The fourth-order valence-electron chi connectivity index (χ4n) is 1.70. The molecule has 2 rings (SSSR count). The highest BCUT2D eigenvalue weighted by molar-refractivity contribution is 5.97. The number of fused-ring (bicyclic) bond motifs is 1. The van der Waals surface area contributed by atoms with E-state index in [4.69, 9.17) is 15.2 Å². The Hall–Kier alpha value is -1.75. The molecule has 0 saturated heterocycles. The smallest absolute Gasteiger partial charge is 0.255 e. The van der Waals surface area contributed by atoms with Crippen LogP contribution in [0.15, 0.2) is 18.2 Å². The summed E-state index contributed by atoms with van der Waals surface area (Å²) in [4.78, 5) is 12.0. The number of nitrogens with two attached hydrogens (primary N) is 1. The van der Waals surface area contributed by atoms with Gasteiger partial charge in [0.25, 0.3) is 5.91 Å². The lowest BCUT2D eigenvalue weighted by atomic mass is 10.1. The molecule has 18 heavy (non-hydrogen) atoms. The van der Waals surface area contributed by atoms with Crippen LogP contribution in [0.4, 0.5) is 0 Å². The van der Waals surface area contributed by atoms with Crippen molar-refractivity contribution < 1.29 is 14.3 Å². The summed E-state index contributed by atoms with van der Waals surface area (Å²) in [7, 11) is 0. The minimum Gasteiger partial charge on any atom is -0.486 e. The van der Waals surface area contributed by atoms with Gasteiger partial charge in [0, 0.05) is 6.54 Å². The van der Waals surface area contributed by atoms with E-state index < -0.39 is 0 Å². The van der Waals surface area contributed by atoms with Crippen molar-refractivity contribution in [2.24, 2.45) is 11.7 Å². The molecule has 0 bridgehead atoms. The molecule has 1 amide bonds. The molecule has 0 spiro atoms. The number of nitrogens with one attached hydrogen (secondary N) is 1. The second kappa shape index (κ2) is 5.73. The van der Waals surface area contributed by atoms with Gasteiger partial charge in [-0.25, -0.2) is 0 Å². The van der Waals surface area contributed by atoms with Crippen LogP contribution < -0.4 is 20.5 Å². The Balaban J connectivity index is 2.10. The molecule has 3 N–H and O–H groups in total. The van der Waals surface area contributed by atoms with Gasteiger partial charge in [0.05, 0.1) is 5.56 Å². The summed E-state index contributed by atoms with van der Waals surface area (Å²) in [5, 5.41) is 2.85. The van der Waals surface area contributed by atoms with Crippen LogP contribution >= 0.6 is 0 Å². The fourth-order valence-corrected chi connectivity index (χ4v) is 1.70. The van der Waals surface area contributed by atoms with Crippen molar-refractivity contribution in [1.82, 2.24) is 5.32 Å². The SMILES string of the molecule is CC(CN)CNC(=O)c1cccc2c1OCCO2.